The number of rotatable bonds is 4. The predicted octanol–water partition coefficient (Wildman–Crippen LogP) is 2.82. The van der Waals surface area contributed by atoms with Gasteiger partial charge in [0.1, 0.15) is 12.4 Å². The van der Waals surface area contributed by atoms with E-state index in [1.165, 1.54) is 10.6 Å². The average molecular weight is 299 g/mol. The molecule has 0 unspecified atom stereocenters. The van der Waals surface area contributed by atoms with E-state index in [0.717, 1.165) is 0 Å². The van der Waals surface area contributed by atoms with Crippen molar-refractivity contribution in [3.05, 3.63) is 56.9 Å². The van der Waals surface area contributed by atoms with Crippen LogP contribution in [0, 0.1) is 0 Å². The predicted molar refractivity (Wildman–Crippen MR) is 77.1 cm³/mol. The monoisotopic (exact) mass is 298 g/mol. The van der Waals surface area contributed by atoms with Crippen molar-refractivity contribution in [2.24, 2.45) is 0 Å². The summed E-state index contributed by atoms with van der Waals surface area (Å²) in [5.41, 5.74) is 6.02. The van der Waals surface area contributed by atoms with Crippen LogP contribution >= 0.6 is 23.2 Å². The Morgan fingerprint density at radius 2 is 2.00 bits per heavy atom. The molecular weight excluding hydrogens is 287 g/mol. The van der Waals surface area contributed by atoms with Gasteiger partial charge in [-0.2, -0.15) is 0 Å². The molecule has 0 bridgehead atoms. The Balaban J connectivity index is 2.00. The van der Waals surface area contributed by atoms with Crippen molar-refractivity contribution in [1.82, 2.24) is 4.57 Å². The van der Waals surface area contributed by atoms with E-state index in [1.807, 2.05) is 0 Å². The number of hydrogen-bond donors (Lipinski definition) is 1. The number of aromatic nitrogens is 1. The number of ether oxygens (including phenoxy) is 1. The Hall–Kier alpha value is -1.65. The summed E-state index contributed by atoms with van der Waals surface area (Å²) in [6.07, 6.45) is 1.58. The lowest BCUT2D eigenvalue weighted by Crippen LogP contribution is -2.22. The van der Waals surface area contributed by atoms with E-state index in [4.69, 9.17) is 33.7 Å². The SMILES string of the molecule is Nc1ccc(=O)n(CCOc2ccc(Cl)cc2Cl)c1. The van der Waals surface area contributed by atoms with Crippen molar-refractivity contribution in [2.45, 2.75) is 6.54 Å². The van der Waals surface area contributed by atoms with E-state index in [0.29, 0.717) is 34.6 Å². The summed E-state index contributed by atoms with van der Waals surface area (Å²) >= 11 is 11.8. The number of anilines is 1. The molecule has 2 aromatic rings. The molecule has 1 heterocycles. The highest BCUT2D eigenvalue weighted by molar-refractivity contribution is 6.35. The van der Waals surface area contributed by atoms with Gasteiger partial charge in [-0.1, -0.05) is 23.2 Å². The molecule has 6 heteroatoms. The second-order valence-corrected chi connectivity index (χ2v) is 4.76. The van der Waals surface area contributed by atoms with E-state index in [-0.39, 0.29) is 5.56 Å². The van der Waals surface area contributed by atoms with E-state index in [1.54, 1.807) is 30.5 Å². The molecule has 0 spiro atoms. The highest BCUT2D eigenvalue weighted by Crippen LogP contribution is 2.27. The molecule has 0 fully saturated rings. The Morgan fingerprint density at radius 3 is 2.74 bits per heavy atom. The number of halogens is 2. The summed E-state index contributed by atoms with van der Waals surface area (Å²) in [6.45, 7) is 0.702. The number of nitrogens with two attached hydrogens (primary N) is 1. The molecule has 2 rings (SSSR count). The van der Waals surface area contributed by atoms with Gasteiger partial charge >= 0.3 is 0 Å². The van der Waals surface area contributed by atoms with E-state index in [9.17, 15) is 4.79 Å². The lowest BCUT2D eigenvalue weighted by atomic mass is 10.3. The molecule has 2 N–H and O–H groups in total. The average Bonchev–Trinajstić information content (AvgIpc) is 2.36. The quantitative estimate of drug-likeness (QED) is 0.944. The third-order valence-corrected chi connectivity index (χ3v) is 3.02. The molecule has 0 aliphatic carbocycles. The van der Waals surface area contributed by atoms with E-state index < -0.39 is 0 Å². The Bertz CT molecular complexity index is 641. The largest absolute Gasteiger partial charge is 0.490 e. The van der Waals surface area contributed by atoms with Crippen molar-refractivity contribution in [1.29, 1.82) is 0 Å². The van der Waals surface area contributed by atoms with Gasteiger partial charge in [-0.15, -0.1) is 0 Å². The number of pyridine rings is 1. The summed E-state index contributed by atoms with van der Waals surface area (Å²) in [6, 6.07) is 7.97. The fraction of sp³-hybridized carbons (Fsp3) is 0.154. The smallest absolute Gasteiger partial charge is 0.250 e. The second kappa shape index (κ2) is 5.99. The zero-order valence-electron chi connectivity index (χ0n) is 9.98. The van der Waals surface area contributed by atoms with Gasteiger partial charge in [0.15, 0.2) is 0 Å². The maximum Gasteiger partial charge on any atom is 0.250 e. The van der Waals surface area contributed by atoms with Crippen molar-refractivity contribution in [2.75, 3.05) is 12.3 Å². The molecule has 1 aromatic heterocycles. The molecule has 0 saturated carbocycles. The van der Waals surface area contributed by atoms with Crippen LogP contribution in [0.3, 0.4) is 0 Å². The summed E-state index contributed by atoms with van der Waals surface area (Å²) in [5, 5.41) is 0.983. The van der Waals surface area contributed by atoms with Gasteiger partial charge in [0.05, 0.1) is 11.6 Å². The molecular formula is C13H12Cl2N2O2. The summed E-state index contributed by atoms with van der Waals surface area (Å²) in [4.78, 5) is 11.5. The third-order valence-electron chi connectivity index (χ3n) is 2.49. The Labute approximate surface area is 120 Å². The molecule has 0 atom stereocenters. The van der Waals surface area contributed by atoms with E-state index in [2.05, 4.69) is 0 Å². The van der Waals surface area contributed by atoms with Crippen LogP contribution in [0.25, 0.3) is 0 Å². The lowest BCUT2D eigenvalue weighted by molar-refractivity contribution is 0.296. The first-order valence-electron chi connectivity index (χ1n) is 5.60. The number of benzene rings is 1. The summed E-state index contributed by atoms with van der Waals surface area (Å²) in [5.74, 6) is 0.531. The van der Waals surface area contributed by atoms with Crippen molar-refractivity contribution < 1.29 is 4.74 Å². The lowest BCUT2D eigenvalue weighted by Gasteiger charge is -2.10. The topological polar surface area (TPSA) is 57.2 Å². The fourth-order valence-corrected chi connectivity index (χ4v) is 2.03. The van der Waals surface area contributed by atoms with Crippen LogP contribution in [-0.2, 0) is 6.54 Å². The van der Waals surface area contributed by atoms with Crippen LogP contribution in [0.5, 0.6) is 5.75 Å². The van der Waals surface area contributed by atoms with Gasteiger partial charge in [-0.25, -0.2) is 0 Å². The highest BCUT2D eigenvalue weighted by atomic mass is 35.5. The molecule has 0 saturated heterocycles. The van der Waals surface area contributed by atoms with Crippen LogP contribution in [0.1, 0.15) is 0 Å². The van der Waals surface area contributed by atoms with Gasteiger partial charge in [0.2, 0.25) is 0 Å². The first kappa shape index (κ1) is 13.8. The second-order valence-electron chi connectivity index (χ2n) is 3.92. The van der Waals surface area contributed by atoms with Gasteiger partial charge < -0.3 is 15.0 Å². The molecule has 0 aliphatic heterocycles. The van der Waals surface area contributed by atoms with Crippen LogP contribution in [-0.4, -0.2) is 11.2 Å². The molecule has 0 aliphatic rings. The van der Waals surface area contributed by atoms with Crippen molar-refractivity contribution in [3.63, 3.8) is 0 Å². The molecule has 100 valence electrons. The number of nitrogens with zero attached hydrogens (tertiary/aromatic N) is 1. The van der Waals surface area contributed by atoms with Crippen LogP contribution < -0.4 is 16.0 Å². The van der Waals surface area contributed by atoms with Crippen LogP contribution in [0.15, 0.2) is 41.3 Å². The van der Waals surface area contributed by atoms with Gasteiger partial charge in [-0.3, -0.25) is 4.79 Å². The Morgan fingerprint density at radius 1 is 1.21 bits per heavy atom. The van der Waals surface area contributed by atoms with Gasteiger partial charge in [-0.05, 0) is 24.3 Å². The Kier molecular flexibility index (Phi) is 4.35. The minimum Gasteiger partial charge on any atom is -0.490 e. The zero-order valence-corrected chi connectivity index (χ0v) is 11.5. The first-order valence-corrected chi connectivity index (χ1v) is 6.35. The van der Waals surface area contributed by atoms with Crippen molar-refractivity contribution in [3.8, 4) is 5.75 Å². The summed E-state index contributed by atoms with van der Waals surface area (Å²) in [7, 11) is 0. The fourth-order valence-electron chi connectivity index (χ4n) is 1.57. The molecule has 1 aromatic carbocycles. The number of nitrogen functional groups attached to an aromatic ring is 1. The van der Waals surface area contributed by atoms with Crippen molar-refractivity contribution >= 4 is 28.9 Å². The highest BCUT2D eigenvalue weighted by Gasteiger charge is 2.03. The van der Waals surface area contributed by atoms with Crippen LogP contribution in [0.2, 0.25) is 10.0 Å². The first-order chi connectivity index (χ1) is 9.06. The minimum absolute atomic E-state index is 0.125. The zero-order chi connectivity index (χ0) is 13.8. The molecule has 0 amide bonds. The molecule has 0 radical (unpaired) electrons. The minimum atomic E-state index is -0.125. The summed E-state index contributed by atoms with van der Waals surface area (Å²) < 4.78 is 6.98. The van der Waals surface area contributed by atoms with Gasteiger partial charge in [0, 0.05) is 23.0 Å². The van der Waals surface area contributed by atoms with Gasteiger partial charge in [0.25, 0.3) is 5.56 Å². The molecule has 19 heavy (non-hydrogen) atoms. The maximum absolute atomic E-state index is 11.5. The normalized spacial score (nSPS) is 10.4. The van der Waals surface area contributed by atoms with Crippen LogP contribution in [0.4, 0.5) is 5.69 Å². The third kappa shape index (κ3) is 3.66. The number of hydrogen-bond acceptors (Lipinski definition) is 3. The van der Waals surface area contributed by atoms with E-state index >= 15 is 0 Å². The molecule has 4 nitrogen and oxygen atoms in total. The standard InChI is InChI=1S/C13H12Cl2N2O2/c14-9-1-3-12(11(15)7-9)19-6-5-17-8-10(16)2-4-13(17)18/h1-4,7-8H,5-6,16H2. The maximum atomic E-state index is 11.5.